The molecule has 3 aliphatic rings. The van der Waals surface area contributed by atoms with Crippen LogP contribution in [0.25, 0.3) is 0 Å². The first-order valence-corrected chi connectivity index (χ1v) is 6.80. The van der Waals surface area contributed by atoms with Crippen molar-refractivity contribution in [3.8, 4) is 0 Å². The molecule has 3 fully saturated rings. The van der Waals surface area contributed by atoms with Crippen LogP contribution in [-0.2, 0) is 4.79 Å². The van der Waals surface area contributed by atoms with E-state index in [0.29, 0.717) is 5.91 Å². The van der Waals surface area contributed by atoms with E-state index >= 15 is 0 Å². The van der Waals surface area contributed by atoms with Gasteiger partial charge in [0.25, 0.3) is 0 Å². The summed E-state index contributed by atoms with van der Waals surface area (Å²) in [4.78, 5) is 14.5. The monoisotopic (exact) mass is 222 g/mol. The maximum Gasteiger partial charge on any atom is 0.227 e. The van der Waals surface area contributed by atoms with Crippen LogP contribution >= 0.6 is 0 Å². The molecule has 90 valence electrons. The molecule has 0 radical (unpaired) electrons. The summed E-state index contributed by atoms with van der Waals surface area (Å²) in [5.41, 5.74) is 6.02. The van der Waals surface area contributed by atoms with Gasteiger partial charge < -0.3 is 10.6 Å². The van der Waals surface area contributed by atoms with Gasteiger partial charge in [0.15, 0.2) is 0 Å². The van der Waals surface area contributed by atoms with Crippen LogP contribution in [-0.4, -0.2) is 29.9 Å². The van der Waals surface area contributed by atoms with Gasteiger partial charge in [-0.05, 0) is 37.5 Å². The molecule has 0 aromatic rings. The topological polar surface area (TPSA) is 46.3 Å². The number of rotatable bonds is 1. The zero-order valence-corrected chi connectivity index (χ0v) is 9.90. The van der Waals surface area contributed by atoms with Gasteiger partial charge in [0.05, 0.1) is 5.92 Å². The summed E-state index contributed by atoms with van der Waals surface area (Å²) in [6.07, 6.45) is 7.25. The van der Waals surface area contributed by atoms with Crippen molar-refractivity contribution in [2.75, 3.05) is 13.1 Å². The first-order valence-electron chi connectivity index (χ1n) is 6.80. The second kappa shape index (κ2) is 4.02. The Morgan fingerprint density at radius 3 is 2.19 bits per heavy atom. The van der Waals surface area contributed by atoms with Crippen LogP contribution in [0.4, 0.5) is 0 Å². The van der Waals surface area contributed by atoms with Gasteiger partial charge in [-0.25, -0.2) is 0 Å². The molecule has 3 rings (SSSR count). The minimum absolute atomic E-state index is 0.132. The lowest BCUT2D eigenvalue weighted by Crippen LogP contribution is -2.41. The van der Waals surface area contributed by atoms with Gasteiger partial charge in [0.2, 0.25) is 5.91 Å². The molecule has 1 aliphatic heterocycles. The van der Waals surface area contributed by atoms with Crippen molar-refractivity contribution in [1.29, 1.82) is 0 Å². The maximum atomic E-state index is 12.3. The molecule has 2 N–H and O–H groups in total. The summed E-state index contributed by atoms with van der Waals surface area (Å²) in [6, 6.07) is 0.132. The molecule has 4 unspecified atom stereocenters. The van der Waals surface area contributed by atoms with E-state index in [4.69, 9.17) is 5.73 Å². The highest BCUT2D eigenvalue weighted by atomic mass is 16.2. The Hall–Kier alpha value is -0.570. The van der Waals surface area contributed by atoms with E-state index in [-0.39, 0.29) is 12.0 Å². The number of carbonyl (C=O) groups excluding carboxylic acids is 1. The van der Waals surface area contributed by atoms with Crippen LogP contribution in [0.3, 0.4) is 0 Å². The Balaban J connectivity index is 1.63. The number of nitrogens with two attached hydrogens (primary N) is 1. The van der Waals surface area contributed by atoms with Crippen molar-refractivity contribution < 1.29 is 4.79 Å². The summed E-state index contributed by atoms with van der Waals surface area (Å²) < 4.78 is 0. The molecule has 2 aliphatic carbocycles. The Bertz CT molecular complexity index is 280. The average Bonchev–Trinajstić information content (AvgIpc) is 2.89. The third-order valence-electron chi connectivity index (χ3n) is 4.92. The average molecular weight is 222 g/mol. The zero-order chi connectivity index (χ0) is 11.1. The van der Waals surface area contributed by atoms with Crippen LogP contribution in [0.1, 0.15) is 38.5 Å². The van der Waals surface area contributed by atoms with Crippen LogP contribution < -0.4 is 5.73 Å². The van der Waals surface area contributed by atoms with Crippen molar-refractivity contribution in [1.82, 2.24) is 4.90 Å². The van der Waals surface area contributed by atoms with Crippen LogP contribution in [0.2, 0.25) is 0 Å². The fraction of sp³-hybridized carbons (Fsp3) is 0.923. The van der Waals surface area contributed by atoms with Gasteiger partial charge in [-0.2, -0.15) is 0 Å². The lowest BCUT2D eigenvalue weighted by Gasteiger charge is -2.23. The molecule has 1 heterocycles. The normalized spacial score (nSPS) is 42.7. The third-order valence-corrected chi connectivity index (χ3v) is 4.92. The van der Waals surface area contributed by atoms with Gasteiger partial charge >= 0.3 is 0 Å². The van der Waals surface area contributed by atoms with E-state index in [1.54, 1.807) is 0 Å². The number of amides is 1. The summed E-state index contributed by atoms with van der Waals surface area (Å²) in [6.45, 7) is 2.04. The highest BCUT2D eigenvalue weighted by Gasteiger charge is 2.41. The number of carbonyl (C=O) groups is 1. The van der Waals surface area contributed by atoms with Gasteiger partial charge in [0.1, 0.15) is 0 Å². The Kier molecular flexibility index (Phi) is 2.66. The van der Waals surface area contributed by atoms with Crippen molar-refractivity contribution in [2.24, 2.45) is 23.5 Å². The van der Waals surface area contributed by atoms with E-state index in [1.165, 1.54) is 19.3 Å². The molecule has 0 bridgehead atoms. The van der Waals surface area contributed by atoms with Gasteiger partial charge in [-0.3, -0.25) is 4.79 Å². The molecule has 2 saturated carbocycles. The Morgan fingerprint density at radius 2 is 1.62 bits per heavy atom. The second-order valence-corrected chi connectivity index (χ2v) is 5.90. The fourth-order valence-corrected chi connectivity index (χ4v) is 3.94. The standard InChI is InChI=1S/C13H22N2O/c14-12-6-2-5-11(12)13(16)15-7-9-3-1-4-10(9)8-15/h9-12H,1-8,14H2. The molecule has 4 atom stereocenters. The minimum Gasteiger partial charge on any atom is -0.342 e. The van der Waals surface area contributed by atoms with E-state index < -0.39 is 0 Å². The first-order chi connectivity index (χ1) is 7.75. The molecule has 0 aromatic carbocycles. The molecular formula is C13H22N2O. The van der Waals surface area contributed by atoms with Crippen molar-refractivity contribution in [3.05, 3.63) is 0 Å². The summed E-state index contributed by atoms with van der Waals surface area (Å²) in [7, 11) is 0. The SMILES string of the molecule is NC1CCCC1C(=O)N1CC2CCCC2C1. The van der Waals surface area contributed by atoms with Gasteiger partial charge in [0, 0.05) is 19.1 Å². The summed E-state index contributed by atoms with van der Waals surface area (Å²) in [5.74, 6) is 2.11. The van der Waals surface area contributed by atoms with Crippen molar-refractivity contribution in [3.63, 3.8) is 0 Å². The number of hydrogen-bond donors (Lipinski definition) is 1. The van der Waals surface area contributed by atoms with Crippen molar-refractivity contribution in [2.45, 2.75) is 44.6 Å². The van der Waals surface area contributed by atoms with Crippen LogP contribution in [0.5, 0.6) is 0 Å². The fourth-order valence-electron chi connectivity index (χ4n) is 3.94. The molecule has 16 heavy (non-hydrogen) atoms. The number of fused-ring (bicyclic) bond motifs is 1. The number of likely N-dealkylation sites (tertiary alicyclic amines) is 1. The molecule has 0 aromatic heterocycles. The quantitative estimate of drug-likeness (QED) is 0.728. The molecule has 3 heteroatoms. The predicted octanol–water partition coefficient (Wildman–Crippen LogP) is 1.37. The van der Waals surface area contributed by atoms with E-state index in [1.807, 2.05) is 0 Å². The first kappa shape index (κ1) is 10.6. The van der Waals surface area contributed by atoms with E-state index in [2.05, 4.69) is 4.90 Å². The second-order valence-electron chi connectivity index (χ2n) is 5.90. The van der Waals surface area contributed by atoms with E-state index in [0.717, 1.165) is 44.2 Å². The van der Waals surface area contributed by atoms with Gasteiger partial charge in [-0.1, -0.05) is 12.8 Å². The maximum absolute atomic E-state index is 12.3. The molecular weight excluding hydrogens is 200 g/mol. The lowest BCUT2D eigenvalue weighted by molar-refractivity contribution is -0.134. The van der Waals surface area contributed by atoms with E-state index in [9.17, 15) is 4.79 Å². The zero-order valence-electron chi connectivity index (χ0n) is 9.90. The smallest absolute Gasteiger partial charge is 0.227 e. The number of nitrogens with zero attached hydrogens (tertiary/aromatic N) is 1. The third kappa shape index (κ3) is 1.65. The van der Waals surface area contributed by atoms with Crippen LogP contribution in [0.15, 0.2) is 0 Å². The molecule has 1 amide bonds. The minimum atomic E-state index is 0.132. The lowest BCUT2D eigenvalue weighted by atomic mass is 10.0. The molecule has 0 spiro atoms. The van der Waals surface area contributed by atoms with Crippen LogP contribution in [0, 0.1) is 17.8 Å². The summed E-state index contributed by atoms with van der Waals surface area (Å²) >= 11 is 0. The van der Waals surface area contributed by atoms with Crippen molar-refractivity contribution >= 4 is 5.91 Å². The molecule has 3 nitrogen and oxygen atoms in total. The highest BCUT2D eigenvalue weighted by Crippen LogP contribution is 2.39. The molecule has 1 saturated heterocycles. The van der Waals surface area contributed by atoms with Gasteiger partial charge in [-0.15, -0.1) is 0 Å². The highest BCUT2D eigenvalue weighted by molar-refractivity contribution is 5.80. The Labute approximate surface area is 97.4 Å². The summed E-state index contributed by atoms with van der Waals surface area (Å²) in [5, 5.41) is 0. The predicted molar refractivity (Wildman–Crippen MR) is 62.7 cm³/mol. The number of hydrogen-bond acceptors (Lipinski definition) is 2. The Morgan fingerprint density at radius 1 is 1.00 bits per heavy atom. The largest absolute Gasteiger partial charge is 0.342 e.